The first-order valence-electron chi connectivity index (χ1n) is 5.49. The highest BCUT2D eigenvalue weighted by molar-refractivity contribution is 5.80. The topological polar surface area (TPSA) is 139 Å². The van der Waals surface area contributed by atoms with E-state index >= 15 is 0 Å². The molecule has 0 spiro atoms. The number of hydrogen-bond donors (Lipinski definition) is 4. The van der Waals surface area contributed by atoms with E-state index in [1.807, 2.05) is 0 Å². The van der Waals surface area contributed by atoms with E-state index in [1.165, 1.54) is 16.7 Å². The average molecular weight is 268 g/mol. The number of nitrogens with zero attached hydrogens (tertiary/aromatic N) is 4. The van der Waals surface area contributed by atoms with Gasteiger partial charge in [0.25, 0.3) is 0 Å². The SMILES string of the molecule is CC(=O)NCNC(=O)N1CNCN(C(N)=NC#N)C1. The lowest BCUT2D eigenvalue weighted by Gasteiger charge is -2.36. The van der Waals surface area contributed by atoms with Gasteiger partial charge in [0.2, 0.25) is 18.1 Å². The first-order chi connectivity index (χ1) is 9.04. The molecule has 0 radical (unpaired) electrons. The van der Waals surface area contributed by atoms with Crippen molar-refractivity contribution in [1.29, 1.82) is 5.26 Å². The molecule has 104 valence electrons. The van der Waals surface area contributed by atoms with E-state index in [2.05, 4.69) is 20.9 Å². The van der Waals surface area contributed by atoms with Crippen LogP contribution in [0.4, 0.5) is 4.79 Å². The van der Waals surface area contributed by atoms with Crippen molar-refractivity contribution >= 4 is 17.9 Å². The van der Waals surface area contributed by atoms with Crippen molar-refractivity contribution in [3.05, 3.63) is 0 Å². The molecule has 1 fully saturated rings. The summed E-state index contributed by atoms with van der Waals surface area (Å²) in [6, 6.07) is -0.365. The largest absolute Gasteiger partial charge is 0.369 e. The van der Waals surface area contributed by atoms with Crippen molar-refractivity contribution in [2.75, 3.05) is 26.7 Å². The van der Waals surface area contributed by atoms with Crippen LogP contribution in [0.1, 0.15) is 6.92 Å². The molecular formula is C9H16N8O2. The number of nitriles is 1. The molecule has 3 amide bonds. The number of nitrogens with two attached hydrogens (primary N) is 1. The summed E-state index contributed by atoms with van der Waals surface area (Å²) in [5.41, 5.74) is 5.56. The summed E-state index contributed by atoms with van der Waals surface area (Å²) in [6.45, 7) is 2.34. The Bertz CT molecular complexity index is 415. The minimum Gasteiger partial charge on any atom is -0.369 e. The zero-order valence-electron chi connectivity index (χ0n) is 10.5. The van der Waals surface area contributed by atoms with E-state index in [1.54, 1.807) is 6.19 Å². The number of rotatable bonds is 2. The maximum Gasteiger partial charge on any atom is 0.321 e. The fourth-order valence-electron chi connectivity index (χ4n) is 1.39. The van der Waals surface area contributed by atoms with Gasteiger partial charge in [-0.1, -0.05) is 0 Å². The predicted octanol–water partition coefficient (Wildman–Crippen LogP) is -2.33. The number of aliphatic imine (C=N–C) groups is 1. The lowest BCUT2D eigenvalue weighted by Crippen LogP contribution is -2.60. The minimum atomic E-state index is -0.365. The number of nitrogens with one attached hydrogen (secondary N) is 3. The summed E-state index contributed by atoms with van der Waals surface area (Å²) in [4.78, 5) is 28.8. The lowest BCUT2D eigenvalue weighted by molar-refractivity contribution is -0.119. The monoisotopic (exact) mass is 268 g/mol. The summed E-state index contributed by atoms with van der Waals surface area (Å²) >= 11 is 0. The van der Waals surface area contributed by atoms with Gasteiger partial charge in [-0.25, -0.2) is 4.79 Å². The van der Waals surface area contributed by atoms with Gasteiger partial charge in [-0.2, -0.15) is 5.26 Å². The Morgan fingerprint density at radius 3 is 2.74 bits per heavy atom. The summed E-state index contributed by atoms with van der Waals surface area (Å²) in [5.74, 6) is -0.196. The van der Waals surface area contributed by atoms with Crippen molar-refractivity contribution < 1.29 is 9.59 Å². The Morgan fingerprint density at radius 2 is 2.11 bits per heavy atom. The third-order valence-electron chi connectivity index (χ3n) is 2.30. The van der Waals surface area contributed by atoms with E-state index < -0.39 is 0 Å². The van der Waals surface area contributed by atoms with E-state index in [-0.39, 0.29) is 31.2 Å². The number of guanidine groups is 1. The molecule has 0 aromatic carbocycles. The third kappa shape index (κ3) is 4.68. The Hall–Kier alpha value is -2.54. The summed E-state index contributed by atoms with van der Waals surface area (Å²) in [6.07, 6.45) is 1.58. The third-order valence-corrected chi connectivity index (χ3v) is 2.30. The van der Waals surface area contributed by atoms with Gasteiger partial charge in [0.1, 0.15) is 6.67 Å². The zero-order chi connectivity index (χ0) is 14.3. The molecule has 0 unspecified atom stereocenters. The van der Waals surface area contributed by atoms with Crippen LogP contribution in [-0.4, -0.2) is 54.4 Å². The summed E-state index contributed by atoms with van der Waals surface area (Å²) < 4.78 is 0. The van der Waals surface area contributed by atoms with Gasteiger partial charge >= 0.3 is 6.03 Å². The summed E-state index contributed by atoms with van der Waals surface area (Å²) in [7, 11) is 0. The number of urea groups is 1. The molecule has 0 bridgehead atoms. The maximum absolute atomic E-state index is 11.8. The van der Waals surface area contributed by atoms with E-state index in [0.29, 0.717) is 13.3 Å². The van der Waals surface area contributed by atoms with E-state index in [0.717, 1.165) is 0 Å². The maximum atomic E-state index is 11.8. The van der Waals surface area contributed by atoms with Crippen molar-refractivity contribution in [3.8, 4) is 6.19 Å². The van der Waals surface area contributed by atoms with E-state index in [4.69, 9.17) is 11.0 Å². The highest BCUT2D eigenvalue weighted by Gasteiger charge is 2.22. The molecular weight excluding hydrogens is 252 g/mol. The zero-order valence-corrected chi connectivity index (χ0v) is 10.5. The van der Waals surface area contributed by atoms with Crippen LogP contribution in [0.25, 0.3) is 0 Å². The first-order valence-corrected chi connectivity index (χ1v) is 5.49. The highest BCUT2D eigenvalue weighted by atomic mass is 16.2. The fraction of sp³-hybridized carbons (Fsp3) is 0.556. The van der Waals surface area contributed by atoms with Crippen LogP contribution in [0.5, 0.6) is 0 Å². The quantitative estimate of drug-likeness (QED) is 0.192. The lowest BCUT2D eigenvalue weighted by atomic mass is 10.5. The van der Waals surface area contributed by atoms with Gasteiger partial charge < -0.3 is 21.3 Å². The fourth-order valence-corrected chi connectivity index (χ4v) is 1.39. The predicted molar refractivity (Wildman–Crippen MR) is 65.9 cm³/mol. The number of carbonyl (C=O) groups excluding carboxylic acids is 2. The first kappa shape index (κ1) is 14.5. The van der Waals surface area contributed by atoms with Gasteiger partial charge in [-0.3, -0.25) is 15.0 Å². The highest BCUT2D eigenvalue weighted by Crippen LogP contribution is 1.98. The van der Waals surface area contributed by atoms with Crippen LogP contribution >= 0.6 is 0 Å². The molecule has 10 heteroatoms. The molecule has 0 saturated carbocycles. The molecule has 1 heterocycles. The van der Waals surface area contributed by atoms with Gasteiger partial charge in [0.15, 0.2) is 0 Å². The molecule has 19 heavy (non-hydrogen) atoms. The van der Waals surface area contributed by atoms with Crippen LogP contribution in [-0.2, 0) is 4.79 Å². The Labute approximate surface area is 110 Å². The molecule has 1 rings (SSSR count). The molecule has 10 nitrogen and oxygen atoms in total. The van der Waals surface area contributed by atoms with Crippen LogP contribution < -0.4 is 21.7 Å². The Kier molecular flexibility index (Phi) is 5.36. The smallest absolute Gasteiger partial charge is 0.321 e. The van der Waals surface area contributed by atoms with Gasteiger partial charge in [0, 0.05) is 6.92 Å². The normalized spacial score (nSPS) is 15.7. The Morgan fingerprint density at radius 1 is 1.42 bits per heavy atom. The second kappa shape index (κ2) is 7.02. The van der Waals surface area contributed by atoms with Gasteiger partial charge in [0.05, 0.1) is 20.0 Å². The number of carbonyl (C=O) groups is 2. The van der Waals surface area contributed by atoms with Crippen LogP contribution in [0.3, 0.4) is 0 Å². The van der Waals surface area contributed by atoms with Crippen molar-refractivity contribution in [2.45, 2.75) is 6.92 Å². The van der Waals surface area contributed by atoms with Crippen molar-refractivity contribution in [1.82, 2.24) is 25.8 Å². The number of amides is 3. The molecule has 1 aliphatic heterocycles. The van der Waals surface area contributed by atoms with Crippen LogP contribution in [0.15, 0.2) is 4.99 Å². The Balaban J connectivity index is 2.46. The van der Waals surface area contributed by atoms with Crippen LogP contribution in [0.2, 0.25) is 0 Å². The van der Waals surface area contributed by atoms with Gasteiger partial charge in [-0.15, -0.1) is 4.99 Å². The van der Waals surface area contributed by atoms with Crippen molar-refractivity contribution in [3.63, 3.8) is 0 Å². The molecule has 0 aliphatic carbocycles. The number of hydrogen-bond acceptors (Lipinski definition) is 5. The van der Waals surface area contributed by atoms with E-state index in [9.17, 15) is 9.59 Å². The van der Waals surface area contributed by atoms with Crippen LogP contribution in [0, 0.1) is 11.5 Å². The molecule has 1 aliphatic rings. The molecule has 5 N–H and O–H groups in total. The minimum absolute atomic E-state index is 0.0364. The van der Waals surface area contributed by atoms with Gasteiger partial charge in [-0.05, 0) is 0 Å². The van der Waals surface area contributed by atoms with Crippen molar-refractivity contribution in [2.24, 2.45) is 10.7 Å². The standard InChI is InChI=1S/C9H16N8O2/c1-7(18)14-3-15-9(19)17-5-12-4-16(6-17)8(11)13-2-10/h12H,3-6H2,1H3,(H2,11,13)(H,14,18)(H,15,19). The molecule has 0 aromatic heterocycles. The second-order valence-electron chi connectivity index (χ2n) is 3.75. The molecule has 1 saturated heterocycles. The summed E-state index contributed by atoms with van der Waals surface area (Å²) in [5, 5.41) is 16.3. The second-order valence-corrected chi connectivity index (χ2v) is 3.75. The molecule has 0 aromatic rings. The average Bonchev–Trinajstić information content (AvgIpc) is 2.38. The molecule has 0 atom stereocenters.